The Morgan fingerprint density at radius 2 is 1.46 bits per heavy atom. The molecule has 0 aromatic carbocycles. The highest BCUT2D eigenvalue weighted by Gasteiger charge is 2.55. The third-order valence-corrected chi connectivity index (χ3v) is 8.31. The summed E-state index contributed by atoms with van der Waals surface area (Å²) in [6.45, 7) is -0.629. The molecule has 13 atom stereocenters. The van der Waals surface area contributed by atoms with Crippen LogP contribution in [0.15, 0.2) is 0 Å². The van der Waals surface area contributed by atoms with Crippen LogP contribution in [0.3, 0.4) is 0 Å². The maximum absolute atomic E-state index is 11.6. The largest absolute Gasteiger partial charge is 0.481 e. The summed E-state index contributed by atoms with van der Waals surface area (Å²) in [6.07, 6.45) is -15.8. The summed E-state index contributed by atoms with van der Waals surface area (Å²) in [5.41, 5.74) is 0. The molecule has 224 valence electrons. The lowest BCUT2D eigenvalue weighted by atomic mass is 9.72. The number of hydrogen-bond donors (Lipinski definition) is 9. The third-order valence-electron chi connectivity index (χ3n) is 8.31. The average Bonchev–Trinajstić information content (AvgIpc) is 2.86. The van der Waals surface area contributed by atoms with Crippen molar-refractivity contribution in [2.45, 2.75) is 118 Å². The number of hydrogen-bond acceptors (Lipinski definition) is 13. The van der Waals surface area contributed by atoms with Gasteiger partial charge in [-0.3, -0.25) is 9.59 Å². The van der Waals surface area contributed by atoms with Crippen molar-refractivity contribution >= 4 is 11.9 Å². The molecule has 15 nitrogen and oxygen atoms in total. The zero-order chi connectivity index (χ0) is 28.6. The monoisotopic (exact) mass is 567 g/mol. The molecule has 13 unspecified atom stereocenters. The van der Waals surface area contributed by atoms with Gasteiger partial charge >= 0.3 is 11.9 Å². The van der Waals surface area contributed by atoms with Gasteiger partial charge < -0.3 is 64.9 Å². The van der Waals surface area contributed by atoms with Crippen LogP contribution in [-0.4, -0.2) is 149 Å². The highest BCUT2D eigenvalue weighted by Crippen LogP contribution is 2.42. The van der Waals surface area contributed by atoms with Gasteiger partial charge in [-0.2, -0.15) is 0 Å². The molecule has 4 rings (SSSR count). The van der Waals surface area contributed by atoms with Crippen molar-refractivity contribution < 1.29 is 74.5 Å². The van der Waals surface area contributed by atoms with Gasteiger partial charge in [0.25, 0.3) is 0 Å². The molecule has 4 aliphatic rings. The van der Waals surface area contributed by atoms with Crippen LogP contribution in [0.1, 0.15) is 38.5 Å². The highest BCUT2D eigenvalue weighted by molar-refractivity contribution is 5.90. The number of aliphatic hydroxyl groups is 10. The van der Waals surface area contributed by atoms with E-state index in [1.54, 1.807) is 0 Å². The van der Waals surface area contributed by atoms with Crippen LogP contribution in [-0.2, 0) is 23.8 Å². The summed E-state index contributed by atoms with van der Waals surface area (Å²) >= 11 is 0. The van der Waals surface area contributed by atoms with Crippen LogP contribution in [0, 0.1) is 11.8 Å². The van der Waals surface area contributed by atoms with Crippen molar-refractivity contribution in [3.05, 3.63) is 0 Å². The molecular formula is C24H39O15+. The van der Waals surface area contributed by atoms with Crippen LogP contribution in [0.4, 0.5) is 0 Å². The molecular weight excluding hydrogens is 528 g/mol. The summed E-state index contributed by atoms with van der Waals surface area (Å²) in [4.78, 5) is 22.3. The number of fused-ring (bicyclic) bond motifs is 1. The Hall–Kier alpha value is -1.50. The maximum atomic E-state index is 11.6. The second kappa shape index (κ2) is 12.6. The van der Waals surface area contributed by atoms with E-state index in [0.717, 1.165) is 0 Å². The molecule has 2 heterocycles. The Morgan fingerprint density at radius 1 is 0.795 bits per heavy atom. The maximum Gasteiger partial charge on any atom is 0.317 e. The zero-order valence-electron chi connectivity index (χ0n) is 21.1. The molecule has 15 heteroatoms. The molecule has 2 saturated heterocycles. The SMILES string of the molecule is O=C(O)CC(=O)OCC1OC(OC2CC3C(O)CC(O)CC3[OH+]C2C2CC(O)C(O)C(O)C2)C(O)C(O)C1O. The van der Waals surface area contributed by atoms with Gasteiger partial charge in [0.15, 0.2) is 18.5 Å². The Morgan fingerprint density at radius 3 is 2.10 bits per heavy atom. The van der Waals surface area contributed by atoms with Crippen molar-refractivity contribution in [2.24, 2.45) is 11.8 Å². The lowest BCUT2D eigenvalue weighted by Crippen LogP contribution is -2.63. The van der Waals surface area contributed by atoms with Gasteiger partial charge in [0.1, 0.15) is 49.7 Å². The molecule has 0 amide bonds. The first-order chi connectivity index (χ1) is 18.3. The van der Waals surface area contributed by atoms with Gasteiger partial charge in [0, 0.05) is 18.8 Å². The Kier molecular flexibility index (Phi) is 9.81. The van der Waals surface area contributed by atoms with E-state index in [1.807, 2.05) is 0 Å². The average molecular weight is 568 g/mol. The van der Waals surface area contributed by atoms with Gasteiger partial charge in [-0.05, 0) is 19.3 Å². The Bertz CT molecular complexity index is 845. The van der Waals surface area contributed by atoms with Crippen molar-refractivity contribution in [1.82, 2.24) is 0 Å². The van der Waals surface area contributed by atoms with Gasteiger partial charge in [-0.15, -0.1) is 0 Å². The van der Waals surface area contributed by atoms with E-state index >= 15 is 0 Å². The minimum absolute atomic E-state index is 0.0757. The quantitative estimate of drug-likeness (QED) is 0.0798. The molecule has 0 aromatic heterocycles. The fourth-order valence-corrected chi connectivity index (χ4v) is 6.25. The van der Waals surface area contributed by atoms with Gasteiger partial charge in [0.05, 0.1) is 30.3 Å². The first-order valence-electron chi connectivity index (χ1n) is 13.2. The van der Waals surface area contributed by atoms with Crippen molar-refractivity contribution in [3.8, 4) is 0 Å². The van der Waals surface area contributed by atoms with Crippen LogP contribution >= 0.6 is 0 Å². The number of aliphatic hydroxyl groups excluding tert-OH is 8. The minimum atomic E-state index is -1.78. The first-order valence-corrected chi connectivity index (χ1v) is 13.2. The zero-order valence-corrected chi connectivity index (χ0v) is 21.1. The minimum Gasteiger partial charge on any atom is -0.481 e. The number of carboxylic acids is 1. The summed E-state index contributed by atoms with van der Waals surface area (Å²) in [5, 5.41) is 91.5. The van der Waals surface area contributed by atoms with E-state index in [2.05, 4.69) is 0 Å². The second-order valence-corrected chi connectivity index (χ2v) is 11.1. The normalized spacial score (nSPS) is 48.7. The fraction of sp³-hybridized carbons (Fsp3) is 0.917. The summed E-state index contributed by atoms with van der Waals surface area (Å²) in [5.74, 6) is -3.42. The number of carbonyl (C=O) groups excluding carboxylic acids is 1. The van der Waals surface area contributed by atoms with E-state index in [1.165, 1.54) is 0 Å². The molecule has 2 saturated carbocycles. The summed E-state index contributed by atoms with van der Waals surface area (Å²) in [6, 6.07) is 0. The van der Waals surface area contributed by atoms with E-state index in [0.29, 0.717) is 6.42 Å². The molecule has 0 bridgehead atoms. The van der Waals surface area contributed by atoms with Gasteiger partial charge in [0.2, 0.25) is 0 Å². The Labute approximate surface area is 223 Å². The predicted molar refractivity (Wildman–Crippen MR) is 125 cm³/mol. The predicted octanol–water partition coefficient (Wildman–Crippen LogP) is -4.51. The Balaban J connectivity index is 1.51. The lowest BCUT2D eigenvalue weighted by molar-refractivity contribution is -0.357. The van der Waals surface area contributed by atoms with Crippen LogP contribution in [0.5, 0.6) is 0 Å². The molecule has 0 aromatic rings. The van der Waals surface area contributed by atoms with E-state index in [9.17, 15) is 50.4 Å². The molecule has 10 N–H and O–H groups in total. The second-order valence-electron chi connectivity index (χ2n) is 11.1. The molecule has 2 aliphatic carbocycles. The molecule has 39 heavy (non-hydrogen) atoms. The van der Waals surface area contributed by atoms with Crippen LogP contribution in [0.25, 0.3) is 0 Å². The molecule has 0 spiro atoms. The molecule has 2 aliphatic heterocycles. The van der Waals surface area contributed by atoms with E-state index in [4.69, 9.17) is 24.1 Å². The standard InChI is InChI=1S/C24H38O15/c25-9-3-11(26)10-5-15(23(37-14(10)4-9)8-1-12(27)19(32)13(28)2-8)38-24-22(35)21(34)20(33)16(39-24)7-36-18(31)6-17(29)30/h8-16,19-28,32-35H,1-7H2,(H,29,30)/p+1. The highest BCUT2D eigenvalue weighted by atomic mass is 16.7. The number of carboxylic acid groups (broad SMARTS) is 1. The molecule has 0 radical (unpaired) electrons. The van der Waals surface area contributed by atoms with Crippen molar-refractivity contribution in [2.75, 3.05) is 6.61 Å². The third kappa shape index (κ3) is 6.87. The summed E-state index contributed by atoms with van der Waals surface area (Å²) in [7, 11) is 0. The van der Waals surface area contributed by atoms with E-state index < -0.39 is 116 Å². The number of esters is 1. The lowest BCUT2D eigenvalue weighted by Gasteiger charge is -2.48. The van der Waals surface area contributed by atoms with Gasteiger partial charge in [-0.1, -0.05) is 0 Å². The van der Waals surface area contributed by atoms with Crippen LogP contribution in [0.2, 0.25) is 0 Å². The number of aliphatic carboxylic acids is 1. The first kappa shape index (κ1) is 30.5. The number of ether oxygens (including phenoxy) is 4. The van der Waals surface area contributed by atoms with E-state index in [-0.39, 0.29) is 25.7 Å². The smallest absolute Gasteiger partial charge is 0.317 e. The topological polar surface area (TPSA) is 257 Å². The summed E-state index contributed by atoms with van der Waals surface area (Å²) < 4.78 is 21.3. The molecule has 4 fully saturated rings. The number of carbonyl (C=O) groups is 2. The van der Waals surface area contributed by atoms with Crippen molar-refractivity contribution in [3.63, 3.8) is 0 Å². The van der Waals surface area contributed by atoms with Crippen molar-refractivity contribution in [1.29, 1.82) is 0 Å². The van der Waals surface area contributed by atoms with Crippen LogP contribution < -0.4 is 0 Å². The number of rotatable bonds is 7. The fourth-order valence-electron chi connectivity index (χ4n) is 6.25. The van der Waals surface area contributed by atoms with Gasteiger partial charge in [-0.25, -0.2) is 0 Å².